The van der Waals surface area contributed by atoms with Crippen molar-refractivity contribution < 1.29 is 22.4 Å². The molecule has 0 radical (unpaired) electrons. The van der Waals surface area contributed by atoms with Gasteiger partial charge in [0.05, 0.1) is 19.9 Å². The summed E-state index contributed by atoms with van der Waals surface area (Å²) in [6.45, 7) is 0.517. The highest BCUT2D eigenvalue weighted by atomic mass is 28.4. The summed E-state index contributed by atoms with van der Waals surface area (Å²) in [4.78, 5) is 0. The van der Waals surface area contributed by atoms with E-state index in [1.807, 2.05) is 0 Å². The molecule has 4 nitrogen and oxygen atoms in total. The van der Waals surface area contributed by atoms with Gasteiger partial charge in [0.1, 0.15) is 0 Å². The number of alkyl halides is 1. The van der Waals surface area contributed by atoms with E-state index in [4.69, 9.17) is 18.0 Å². The molecule has 0 bridgehead atoms. The number of ether oxygens (including phenoxy) is 1. The van der Waals surface area contributed by atoms with E-state index in [1.54, 1.807) is 7.11 Å². The Morgan fingerprint density at radius 2 is 1.71 bits per heavy atom. The minimum atomic E-state index is -2.62. The van der Waals surface area contributed by atoms with Crippen LogP contribution in [0.15, 0.2) is 0 Å². The van der Waals surface area contributed by atoms with Crippen molar-refractivity contribution in [3.05, 3.63) is 0 Å². The SMILES string of the molecule is COCCO[Si](CCCF)(OC)OC. The van der Waals surface area contributed by atoms with Gasteiger partial charge in [-0.25, -0.2) is 0 Å². The molecule has 86 valence electrons. The Morgan fingerprint density at radius 3 is 2.14 bits per heavy atom. The van der Waals surface area contributed by atoms with Gasteiger partial charge < -0.3 is 18.0 Å². The summed E-state index contributed by atoms with van der Waals surface area (Å²) in [5, 5.41) is 0. The second-order valence-electron chi connectivity index (χ2n) is 2.73. The van der Waals surface area contributed by atoms with Crippen LogP contribution in [-0.4, -0.2) is 50.0 Å². The minimum absolute atomic E-state index is 0.380. The maximum absolute atomic E-state index is 12.0. The fourth-order valence-corrected chi connectivity index (χ4v) is 2.96. The van der Waals surface area contributed by atoms with Crippen LogP contribution in [0.25, 0.3) is 0 Å². The van der Waals surface area contributed by atoms with Crippen LogP contribution in [0.5, 0.6) is 0 Å². The normalized spacial score (nSPS) is 12.0. The van der Waals surface area contributed by atoms with Gasteiger partial charge >= 0.3 is 8.80 Å². The molecule has 14 heavy (non-hydrogen) atoms. The first-order chi connectivity index (χ1) is 6.74. The van der Waals surface area contributed by atoms with E-state index < -0.39 is 8.80 Å². The van der Waals surface area contributed by atoms with Crippen molar-refractivity contribution in [3.8, 4) is 0 Å². The molecular formula is C8H19FO4Si. The van der Waals surface area contributed by atoms with Gasteiger partial charge in [-0.15, -0.1) is 0 Å². The molecule has 0 amide bonds. The Morgan fingerprint density at radius 1 is 1.07 bits per heavy atom. The smallest absolute Gasteiger partial charge is 0.382 e. The second-order valence-corrected chi connectivity index (χ2v) is 5.70. The van der Waals surface area contributed by atoms with E-state index in [2.05, 4.69) is 0 Å². The molecule has 0 spiro atoms. The monoisotopic (exact) mass is 226 g/mol. The van der Waals surface area contributed by atoms with Gasteiger partial charge in [0.2, 0.25) is 0 Å². The summed E-state index contributed by atoms with van der Waals surface area (Å²) >= 11 is 0. The van der Waals surface area contributed by atoms with Crippen molar-refractivity contribution in [2.45, 2.75) is 12.5 Å². The predicted octanol–water partition coefficient (Wildman–Crippen LogP) is 1.24. The molecule has 0 N–H and O–H groups in total. The lowest BCUT2D eigenvalue weighted by molar-refractivity contribution is 0.0654. The van der Waals surface area contributed by atoms with E-state index in [9.17, 15) is 4.39 Å². The Hall–Kier alpha value is -0.0131. The first-order valence-electron chi connectivity index (χ1n) is 4.54. The Labute approximate surface area is 85.7 Å². The van der Waals surface area contributed by atoms with Gasteiger partial charge in [-0.3, -0.25) is 4.39 Å². The van der Waals surface area contributed by atoms with Gasteiger partial charge in [0.25, 0.3) is 0 Å². The topological polar surface area (TPSA) is 36.9 Å². The first kappa shape index (κ1) is 14.0. The van der Waals surface area contributed by atoms with Crippen molar-refractivity contribution in [2.24, 2.45) is 0 Å². The van der Waals surface area contributed by atoms with E-state index in [1.165, 1.54) is 14.2 Å². The summed E-state index contributed by atoms with van der Waals surface area (Å²) in [6.07, 6.45) is 0.404. The van der Waals surface area contributed by atoms with Gasteiger partial charge in [-0.1, -0.05) is 0 Å². The Balaban J connectivity index is 3.94. The van der Waals surface area contributed by atoms with Crippen molar-refractivity contribution in [3.63, 3.8) is 0 Å². The van der Waals surface area contributed by atoms with Crippen LogP contribution in [0.3, 0.4) is 0 Å². The maximum Gasteiger partial charge on any atom is 0.500 e. The summed E-state index contributed by atoms with van der Waals surface area (Å²) in [7, 11) is 2.03. The highest BCUT2D eigenvalue weighted by Crippen LogP contribution is 2.15. The minimum Gasteiger partial charge on any atom is -0.382 e. The van der Waals surface area contributed by atoms with Gasteiger partial charge in [-0.2, -0.15) is 0 Å². The number of methoxy groups -OCH3 is 1. The maximum atomic E-state index is 12.0. The van der Waals surface area contributed by atoms with Crippen LogP contribution in [-0.2, 0) is 18.0 Å². The zero-order chi connectivity index (χ0) is 10.9. The van der Waals surface area contributed by atoms with Crippen LogP contribution in [0, 0.1) is 0 Å². The number of hydrogen-bond donors (Lipinski definition) is 0. The molecule has 0 rings (SSSR count). The Kier molecular flexibility index (Phi) is 8.30. The van der Waals surface area contributed by atoms with Gasteiger partial charge in [-0.05, 0) is 6.42 Å². The van der Waals surface area contributed by atoms with Crippen LogP contribution in [0.1, 0.15) is 6.42 Å². The molecule has 0 aliphatic rings. The number of halogens is 1. The van der Waals surface area contributed by atoms with Gasteiger partial charge in [0.15, 0.2) is 0 Å². The fraction of sp³-hybridized carbons (Fsp3) is 1.00. The van der Waals surface area contributed by atoms with E-state index in [-0.39, 0.29) is 6.67 Å². The highest BCUT2D eigenvalue weighted by Gasteiger charge is 2.38. The van der Waals surface area contributed by atoms with E-state index in [0.717, 1.165) is 0 Å². The summed E-state index contributed by atoms with van der Waals surface area (Å²) < 4.78 is 32.7. The molecule has 0 aliphatic heterocycles. The molecule has 0 aromatic carbocycles. The largest absolute Gasteiger partial charge is 0.500 e. The third-order valence-electron chi connectivity index (χ3n) is 1.85. The van der Waals surface area contributed by atoms with Crippen LogP contribution in [0.4, 0.5) is 4.39 Å². The average molecular weight is 226 g/mol. The van der Waals surface area contributed by atoms with Crippen LogP contribution >= 0.6 is 0 Å². The van der Waals surface area contributed by atoms with Crippen molar-refractivity contribution in [2.75, 3.05) is 41.2 Å². The third-order valence-corrected chi connectivity index (χ3v) is 4.70. The summed E-state index contributed by atoms with van der Waals surface area (Å²) in [6, 6.07) is 0.500. The standard InChI is InChI=1S/C8H19FO4Si/c1-10-6-7-13-14(11-2,12-3)8-4-5-9/h4-8H2,1-3H3. The average Bonchev–Trinajstić information content (AvgIpc) is 2.24. The molecule has 0 aromatic heterocycles. The van der Waals surface area contributed by atoms with Crippen molar-refractivity contribution >= 4 is 8.80 Å². The quantitative estimate of drug-likeness (QED) is 0.438. The van der Waals surface area contributed by atoms with Crippen LogP contribution in [0.2, 0.25) is 6.04 Å². The Bertz CT molecular complexity index is 133. The molecule has 0 saturated carbocycles. The molecule has 0 heterocycles. The molecule has 0 saturated heterocycles. The summed E-state index contributed by atoms with van der Waals surface area (Å²) in [5.41, 5.74) is 0. The molecule has 0 aliphatic carbocycles. The van der Waals surface area contributed by atoms with E-state index in [0.29, 0.717) is 25.7 Å². The highest BCUT2D eigenvalue weighted by molar-refractivity contribution is 6.60. The van der Waals surface area contributed by atoms with Crippen LogP contribution < -0.4 is 0 Å². The molecule has 0 aromatic rings. The number of hydrogen-bond acceptors (Lipinski definition) is 4. The lowest BCUT2D eigenvalue weighted by atomic mass is 10.6. The molecule has 6 heteroatoms. The summed E-state index contributed by atoms with van der Waals surface area (Å²) in [5.74, 6) is 0. The second kappa shape index (κ2) is 8.31. The van der Waals surface area contributed by atoms with Crippen molar-refractivity contribution in [1.29, 1.82) is 0 Å². The zero-order valence-electron chi connectivity index (χ0n) is 9.05. The molecule has 0 fully saturated rings. The van der Waals surface area contributed by atoms with Gasteiger partial charge in [0, 0.05) is 27.4 Å². The number of rotatable bonds is 9. The zero-order valence-corrected chi connectivity index (χ0v) is 10.0. The fourth-order valence-electron chi connectivity index (χ4n) is 1.04. The molecule has 0 atom stereocenters. The molecule has 0 unspecified atom stereocenters. The predicted molar refractivity (Wildman–Crippen MR) is 53.0 cm³/mol. The third kappa shape index (κ3) is 5.01. The first-order valence-corrected chi connectivity index (χ1v) is 6.47. The molecular weight excluding hydrogens is 207 g/mol. The lowest BCUT2D eigenvalue weighted by Gasteiger charge is -2.25. The van der Waals surface area contributed by atoms with Crippen molar-refractivity contribution in [1.82, 2.24) is 0 Å². The lowest BCUT2D eigenvalue weighted by Crippen LogP contribution is -2.44. The van der Waals surface area contributed by atoms with E-state index >= 15 is 0 Å².